The molecule has 0 unspecified atom stereocenters. The van der Waals surface area contributed by atoms with Crippen molar-refractivity contribution in [1.82, 2.24) is 24.7 Å². The number of nitrogens with one attached hydrogen (secondary N) is 2. The van der Waals surface area contributed by atoms with Crippen LogP contribution in [0.3, 0.4) is 0 Å². The minimum absolute atomic E-state index is 0. The Labute approximate surface area is 199 Å². The predicted octanol–water partition coefficient (Wildman–Crippen LogP) is 2.43. The minimum atomic E-state index is -0.280. The lowest BCUT2D eigenvalue weighted by Gasteiger charge is -2.36. The second kappa shape index (κ2) is 9.87. The molecule has 2 N–H and O–H groups in total. The van der Waals surface area contributed by atoms with Gasteiger partial charge < -0.3 is 15.5 Å². The van der Waals surface area contributed by atoms with Crippen molar-refractivity contribution in [2.75, 3.05) is 22.6 Å². The van der Waals surface area contributed by atoms with Crippen LogP contribution < -0.4 is 15.5 Å². The van der Waals surface area contributed by atoms with Gasteiger partial charge in [0.25, 0.3) is 0 Å². The molecular formula is C22H27N9OS. The number of amides is 1. The number of carbonyl (C=O) groups excluding carboxylic acids is 1. The first-order valence-corrected chi connectivity index (χ1v) is 10.4. The Morgan fingerprint density at radius 3 is 2.82 bits per heavy atom. The number of aromatic nitrogens is 5. The molecule has 1 aliphatic rings. The fourth-order valence-electron chi connectivity index (χ4n) is 3.88. The molecule has 0 aromatic carbocycles. The third-order valence-corrected chi connectivity index (χ3v) is 5.39. The summed E-state index contributed by atoms with van der Waals surface area (Å²) in [5.41, 5.74) is 3.68. The van der Waals surface area contributed by atoms with Crippen molar-refractivity contribution in [1.29, 1.82) is 5.26 Å². The van der Waals surface area contributed by atoms with Crippen molar-refractivity contribution in [3.8, 4) is 6.07 Å². The highest BCUT2D eigenvalue weighted by Gasteiger charge is 2.35. The van der Waals surface area contributed by atoms with Crippen LogP contribution in [0.5, 0.6) is 0 Å². The fourth-order valence-corrected chi connectivity index (χ4v) is 3.88. The molecule has 172 valence electrons. The molecule has 0 aliphatic carbocycles. The van der Waals surface area contributed by atoms with Gasteiger partial charge in [0.1, 0.15) is 23.5 Å². The summed E-state index contributed by atoms with van der Waals surface area (Å²) in [7, 11) is 1.89. The van der Waals surface area contributed by atoms with Gasteiger partial charge in [0.05, 0.1) is 18.4 Å². The van der Waals surface area contributed by atoms with Gasteiger partial charge >= 0.3 is 0 Å². The molecule has 11 heteroatoms. The number of anilines is 3. The lowest BCUT2D eigenvalue weighted by Crippen LogP contribution is -2.49. The Bertz CT molecular complexity index is 1200. The number of nitrogens with zero attached hydrogens (tertiary/aromatic N) is 7. The molecule has 0 radical (unpaired) electrons. The summed E-state index contributed by atoms with van der Waals surface area (Å²) < 4.78 is 1.81. The topological polar surface area (TPSA) is 125 Å². The molecule has 0 bridgehead atoms. The van der Waals surface area contributed by atoms with Crippen molar-refractivity contribution in [3.63, 3.8) is 0 Å². The van der Waals surface area contributed by atoms with E-state index in [1.807, 2.05) is 55.7 Å². The van der Waals surface area contributed by atoms with Gasteiger partial charge in [-0.3, -0.25) is 9.48 Å². The Kier molecular flexibility index (Phi) is 7.18. The van der Waals surface area contributed by atoms with Crippen LogP contribution in [0.4, 0.5) is 17.5 Å². The van der Waals surface area contributed by atoms with Crippen LogP contribution >= 0.6 is 13.5 Å². The predicted molar refractivity (Wildman–Crippen MR) is 130 cm³/mol. The lowest BCUT2D eigenvalue weighted by molar-refractivity contribution is -0.118. The second-order valence-electron chi connectivity index (χ2n) is 8.18. The Morgan fingerprint density at radius 1 is 1.30 bits per heavy atom. The normalized spacial score (nSPS) is 14.8. The van der Waals surface area contributed by atoms with Crippen molar-refractivity contribution >= 4 is 36.9 Å². The summed E-state index contributed by atoms with van der Waals surface area (Å²) in [5, 5.41) is 19.6. The standard InChI is InChI=1S/C22H25N9O.H2S/c1-13(2)19-21(32)28-18-14(3)27-22(29-20(18)30(19)4)25-9-16-10-26-31(12-16)11-15-5-6-24-17(7-15)8-23;/h5-7,10,12-13,19H,9,11H2,1-4H3,(H,28,32)(H,25,27,29);1H2/t19-;/m0./s1. The third kappa shape index (κ3) is 5.06. The maximum Gasteiger partial charge on any atom is 0.247 e. The number of hydrogen-bond acceptors (Lipinski definition) is 8. The quantitative estimate of drug-likeness (QED) is 0.569. The Hall–Kier alpha value is -3.65. The molecule has 33 heavy (non-hydrogen) atoms. The van der Waals surface area contributed by atoms with Gasteiger partial charge in [0.2, 0.25) is 11.9 Å². The molecule has 0 spiro atoms. The van der Waals surface area contributed by atoms with E-state index in [-0.39, 0.29) is 31.4 Å². The summed E-state index contributed by atoms with van der Waals surface area (Å²) >= 11 is 0. The van der Waals surface area contributed by atoms with E-state index in [0.717, 1.165) is 11.1 Å². The van der Waals surface area contributed by atoms with Gasteiger partial charge in [-0.2, -0.15) is 28.8 Å². The van der Waals surface area contributed by atoms with Gasteiger partial charge in [-0.05, 0) is 30.5 Å². The highest BCUT2D eigenvalue weighted by molar-refractivity contribution is 7.59. The smallest absolute Gasteiger partial charge is 0.247 e. The maximum absolute atomic E-state index is 12.5. The van der Waals surface area contributed by atoms with Gasteiger partial charge in [-0.25, -0.2) is 9.97 Å². The first kappa shape index (κ1) is 24.0. The number of likely N-dealkylation sites (N-methyl/N-ethyl adjacent to an activating group) is 1. The zero-order valence-electron chi connectivity index (χ0n) is 19.0. The molecule has 4 rings (SSSR count). The summed E-state index contributed by atoms with van der Waals surface area (Å²) in [6.45, 7) is 6.94. The summed E-state index contributed by atoms with van der Waals surface area (Å²) in [5.74, 6) is 1.31. The van der Waals surface area contributed by atoms with E-state index in [1.54, 1.807) is 18.5 Å². The summed E-state index contributed by atoms with van der Waals surface area (Å²) in [6.07, 6.45) is 5.34. The van der Waals surface area contributed by atoms with Crippen LogP contribution in [0, 0.1) is 24.2 Å². The minimum Gasteiger partial charge on any atom is -0.350 e. The zero-order chi connectivity index (χ0) is 22.8. The first-order chi connectivity index (χ1) is 15.4. The molecule has 3 aromatic rings. The molecule has 3 aromatic heterocycles. The Morgan fingerprint density at radius 2 is 2.09 bits per heavy atom. The van der Waals surface area contributed by atoms with E-state index in [1.165, 1.54) is 0 Å². The van der Waals surface area contributed by atoms with Crippen LogP contribution in [0.15, 0.2) is 30.7 Å². The van der Waals surface area contributed by atoms with Gasteiger partial charge in [-0.15, -0.1) is 0 Å². The number of nitriles is 1. The number of rotatable bonds is 6. The van der Waals surface area contributed by atoms with E-state index in [9.17, 15) is 4.79 Å². The maximum atomic E-state index is 12.5. The SMILES string of the molecule is Cc1nc(NCc2cnn(Cc3ccnc(C#N)c3)c2)nc2c1NC(=O)[C@H](C(C)C)N2C.S. The Balaban J connectivity index is 0.00000306. The third-order valence-electron chi connectivity index (χ3n) is 5.39. The average Bonchev–Trinajstić information content (AvgIpc) is 3.20. The average molecular weight is 466 g/mol. The molecular weight excluding hydrogens is 438 g/mol. The van der Waals surface area contributed by atoms with Crippen molar-refractivity contribution in [2.45, 2.75) is 39.9 Å². The lowest BCUT2D eigenvalue weighted by atomic mass is 9.99. The number of carbonyl (C=O) groups is 1. The number of pyridine rings is 1. The van der Waals surface area contributed by atoms with Crippen LogP contribution in [0.2, 0.25) is 0 Å². The molecule has 1 atom stereocenters. The largest absolute Gasteiger partial charge is 0.350 e. The van der Waals surface area contributed by atoms with E-state index < -0.39 is 0 Å². The van der Waals surface area contributed by atoms with Gasteiger partial charge in [-0.1, -0.05) is 13.8 Å². The molecule has 1 aliphatic heterocycles. The van der Waals surface area contributed by atoms with E-state index in [4.69, 9.17) is 5.26 Å². The highest BCUT2D eigenvalue weighted by Crippen LogP contribution is 2.34. The van der Waals surface area contributed by atoms with Crippen molar-refractivity contribution < 1.29 is 4.79 Å². The van der Waals surface area contributed by atoms with Crippen LogP contribution in [-0.4, -0.2) is 43.7 Å². The monoisotopic (exact) mass is 465 g/mol. The first-order valence-electron chi connectivity index (χ1n) is 10.4. The fraction of sp³-hybridized carbons (Fsp3) is 0.364. The van der Waals surface area contributed by atoms with Crippen molar-refractivity contribution in [3.05, 3.63) is 53.2 Å². The molecule has 10 nitrogen and oxygen atoms in total. The summed E-state index contributed by atoms with van der Waals surface area (Å²) in [4.78, 5) is 27.5. The molecule has 0 saturated carbocycles. The molecule has 1 amide bonds. The second-order valence-corrected chi connectivity index (χ2v) is 8.18. The summed E-state index contributed by atoms with van der Waals surface area (Å²) in [6, 6.07) is 5.38. The van der Waals surface area contributed by atoms with Gasteiger partial charge in [0, 0.05) is 31.5 Å². The van der Waals surface area contributed by atoms with E-state index in [2.05, 4.69) is 30.7 Å². The van der Waals surface area contributed by atoms with E-state index in [0.29, 0.717) is 41.9 Å². The van der Waals surface area contributed by atoms with Crippen LogP contribution in [0.25, 0.3) is 0 Å². The number of hydrogen-bond donors (Lipinski definition) is 2. The molecule has 4 heterocycles. The number of aryl methyl sites for hydroxylation is 1. The van der Waals surface area contributed by atoms with E-state index >= 15 is 0 Å². The number of fused-ring (bicyclic) bond motifs is 1. The van der Waals surface area contributed by atoms with Gasteiger partial charge in [0.15, 0.2) is 5.82 Å². The zero-order valence-corrected chi connectivity index (χ0v) is 20.0. The van der Waals surface area contributed by atoms with Crippen LogP contribution in [0.1, 0.15) is 36.4 Å². The van der Waals surface area contributed by atoms with Crippen molar-refractivity contribution in [2.24, 2.45) is 5.92 Å². The molecule has 0 saturated heterocycles. The molecule has 0 fully saturated rings. The highest BCUT2D eigenvalue weighted by atomic mass is 32.1. The van der Waals surface area contributed by atoms with Crippen LogP contribution in [-0.2, 0) is 17.9 Å².